The van der Waals surface area contributed by atoms with E-state index in [4.69, 9.17) is 0 Å². The van der Waals surface area contributed by atoms with E-state index < -0.39 is 16.1 Å². The highest BCUT2D eigenvalue weighted by Gasteiger charge is 2.42. The van der Waals surface area contributed by atoms with E-state index in [2.05, 4.69) is 0 Å². The van der Waals surface area contributed by atoms with E-state index in [0.717, 1.165) is 5.56 Å². The summed E-state index contributed by atoms with van der Waals surface area (Å²) in [5.41, 5.74) is 1.01. The van der Waals surface area contributed by atoms with Gasteiger partial charge in [0, 0.05) is 0 Å². The van der Waals surface area contributed by atoms with Gasteiger partial charge >= 0.3 is 0 Å². The number of sulfonamides is 1. The molecule has 0 amide bonds. The van der Waals surface area contributed by atoms with E-state index in [1.165, 1.54) is 4.31 Å². The first-order chi connectivity index (χ1) is 7.43. The van der Waals surface area contributed by atoms with Crippen LogP contribution in [0.25, 0.3) is 0 Å². The van der Waals surface area contributed by atoms with Crippen molar-refractivity contribution in [1.82, 2.24) is 4.31 Å². The molecule has 1 unspecified atom stereocenters. The minimum atomic E-state index is -3.49. The summed E-state index contributed by atoms with van der Waals surface area (Å²) in [6.45, 7) is 3.50. The van der Waals surface area contributed by atoms with Crippen LogP contribution in [-0.4, -0.2) is 31.1 Å². The Balaban J connectivity index is 2.33. The molecule has 1 atom stereocenters. The quantitative estimate of drug-likeness (QED) is 0.772. The lowest BCUT2D eigenvalue weighted by molar-refractivity contribution is -0.130. The van der Waals surface area contributed by atoms with Gasteiger partial charge in [0.05, 0.1) is 17.5 Å². The Hall–Kier alpha value is -1.20. The molecule has 1 aliphatic rings. The number of ketones is 1. The second-order valence-corrected chi connectivity index (χ2v) is 5.90. The van der Waals surface area contributed by atoms with Crippen molar-refractivity contribution in [1.29, 1.82) is 0 Å². The normalized spacial score (nSPS) is 21.9. The molecule has 0 spiro atoms. The Morgan fingerprint density at radius 1 is 1.25 bits per heavy atom. The fraction of sp³-hybridized carbons (Fsp3) is 0.364. The summed E-state index contributed by atoms with van der Waals surface area (Å²) in [6.07, 6.45) is 0. The number of aryl methyl sites for hydroxylation is 1. The van der Waals surface area contributed by atoms with E-state index in [1.807, 2.05) is 6.92 Å². The third-order valence-electron chi connectivity index (χ3n) is 2.84. The Bertz CT molecular complexity index is 519. The highest BCUT2D eigenvalue weighted by atomic mass is 32.2. The van der Waals surface area contributed by atoms with Gasteiger partial charge in [0.15, 0.2) is 5.78 Å². The van der Waals surface area contributed by atoms with Crippen LogP contribution in [0.3, 0.4) is 0 Å². The van der Waals surface area contributed by atoms with Crippen LogP contribution in [0.15, 0.2) is 29.2 Å². The van der Waals surface area contributed by atoms with Crippen LogP contribution in [0.4, 0.5) is 0 Å². The third-order valence-corrected chi connectivity index (χ3v) is 4.77. The second kappa shape index (κ2) is 3.68. The van der Waals surface area contributed by atoms with Gasteiger partial charge in [0.1, 0.15) is 0 Å². The van der Waals surface area contributed by atoms with Crippen LogP contribution >= 0.6 is 0 Å². The molecule has 0 aromatic heterocycles. The van der Waals surface area contributed by atoms with Crippen LogP contribution in [0.5, 0.6) is 0 Å². The van der Waals surface area contributed by atoms with E-state index in [0.29, 0.717) is 0 Å². The van der Waals surface area contributed by atoms with Gasteiger partial charge in [-0.25, -0.2) is 8.42 Å². The van der Waals surface area contributed by atoms with Crippen molar-refractivity contribution in [2.24, 2.45) is 0 Å². The van der Waals surface area contributed by atoms with E-state index >= 15 is 0 Å². The first kappa shape index (κ1) is 11.3. The van der Waals surface area contributed by atoms with Crippen molar-refractivity contribution in [2.75, 3.05) is 6.54 Å². The predicted molar refractivity (Wildman–Crippen MR) is 59.5 cm³/mol. The molecule has 4 nitrogen and oxygen atoms in total. The zero-order valence-corrected chi connectivity index (χ0v) is 9.99. The van der Waals surface area contributed by atoms with Gasteiger partial charge in [-0.2, -0.15) is 4.31 Å². The summed E-state index contributed by atoms with van der Waals surface area (Å²) in [6, 6.07) is 6.12. The lowest BCUT2D eigenvalue weighted by Crippen LogP contribution is -2.57. The average molecular weight is 239 g/mol. The summed E-state index contributed by atoms with van der Waals surface area (Å²) in [5.74, 6) is -0.0318. The number of hydrogen-bond acceptors (Lipinski definition) is 3. The summed E-state index contributed by atoms with van der Waals surface area (Å²) in [7, 11) is -3.49. The zero-order valence-electron chi connectivity index (χ0n) is 9.17. The second-order valence-electron chi connectivity index (χ2n) is 4.01. The van der Waals surface area contributed by atoms with Crippen molar-refractivity contribution in [3.8, 4) is 0 Å². The van der Waals surface area contributed by atoms with Gasteiger partial charge in [-0.05, 0) is 26.0 Å². The van der Waals surface area contributed by atoms with Crippen molar-refractivity contribution < 1.29 is 13.2 Å². The number of carbonyl (C=O) groups is 1. The van der Waals surface area contributed by atoms with Gasteiger partial charge in [0.2, 0.25) is 10.0 Å². The van der Waals surface area contributed by atoms with Crippen LogP contribution in [0, 0.1) is 6.92 Å². The fourth-order valence-electron chi connectivity index (χ4n) is 1.61. The van der Waals surface area contributed by atoms with Crippen LogP contribution in [0.2, 0.25) is 0 Å². The Labute approximate surface area is 94.9 Å². The maximum Gasteiger partial charge on any atom is 0.244 e. The molecule has 0 saturated carbocycles. The standard InChI is InChI=1S/C11H13NO3S/c1-8-3-5-10(6-4-8)16(14,15)12-7-11(13)9(12)2/h3-6,9H,7H2,1-2H3. The molecule has 1 aromatic carbocycles. The molecule has 2 rings (SSSR count). The first-order valence-corrected chi connectivity index (χ1v) is 6.48. The highest BCUT2D eigenvalue weighted by molar-refractivity contribution is 7.89. The van der Waals surface area contributed by atoms with Crippen LogP contribution in [-0.2, 0) is 14.8 Å². The van der Waals surface area contributed by atoms with Gasteiger partial charge in [-0.1, -0.05) is 17.7 Å². The smallest absolute Gasteiger partial charge is 0.244 e. The number of carbonyl (C=O) groups excluding carboxylic acids is 1. The maximum atomic E-state index is 12.1. The lowest BCUT2D eigenvalue weighted by atomic mass is 10.1. The number of hydrogen-bond donors (Lipinski definition) is 0. The Kier molecular flexibility index (Phi) is 2.59. The molecular weight excluding hydrogens is 226 g/mol. The number of nitrogens with zero attached hydrogens (tertiary/aromatic N) is 1. The van der Waals surface area contributed by atoms with Crippen molar-refractivity contribution in [3.05, 3.63) is 29.8 Å². The third kappa shape index (κ3) is 1.66. The molecule has 0 radical (unpaired) electrons. The van der Waals surface area contributed by atoms with Gasteiger partial charge in [0.25, 0.3) is 0 Å². The molecule has 16 heavy (non-hydrogen) atoms. The molecule has 0 bridgehead atoms. The molecular formula is C11H13NO3S. The fourth-order valence-corrected chi connectivity index (χ4v) is 3.19. The van der Waals surface area contributed by atoms with Crippen molar-refractivity contribution >= 4 is 15.8 Å². The average Bonchev–Trinajstić information content (AvgIpc) is 2.25. The molecule has 1 aliphatic heterocycles. The molecule has 0 N–H and O–H groups in total. The maximum absolute atomic E-state index is 12.1. The summed E-state index contributed by atoms with van der Waals surface area (Å²) < 4.78 is 25.3. The summed E-state index contributed by atoms with van der Waals surface area (Å²) in [5, 5.41) is 0. The predicted octanol–water partition coefficient (Wildman–Crippen LogP) is 0.957. The number of Topliss-reactive ketones (excluding diaryl/α,β-unsaturated/α-hetero) is 1. The molecule has 86 valence electrons. The first-order valence-electron chi connectivity index (χ1n) is 5.04. The topological polar surface area (TPSA) is 54.5 Å². The minimum Gasteiger partial charge on any atom is -0.296 e. The van der Waals surface area contributed by atoms with E-state index in [-0.39, 0.29) is 17.2 Å². The Morgan fingerprint density at radius 2 is 1.81 bits per heavy atom. The zero-order chi connectivity index (χ0) is 11.9. The molecule has 5 heteroatoms. The van der Waals surface area contributed by atoms with Crippen LogP contribution in [0.1, 0.15) is 12.5 Å². The molecule has 1 saturated heterocycles. The summed E-state index contributed by atoms with van der Waals surface area (Å²) >= 11 is 0. The molecule has 1 fully saturated rings. The molecule has 1 aromatic rings. The monoisotopic (exact) mass is 239 g/mol. The number of rotatable bonds is 2. The van der Waals surface area contributed by atoms with Crippen molar-refractivity contribution in [3.63, 3.8) is 0 Å². The van der Waals surface area contributed by atoms with Gasteiger partial charge in [-0.15, -0.1) is 0 Å². The Morgan fingerprint density at radius 3 is 2.25 bits per heavy atom. The van der Waals surface area contributed by atoms with E-state index in [1.54, 1.807) is 31.2 Å². The lowest BCUT2D eigenvalue weighted by Gasteiger charge is -2.35. The minimum absolute atomic E-state index is 0.00260. The largest absolute Gasteiger partial charge is 0.296 e. The van der Waals surface area contributed by atoms with Crippen LogP contribution < -0.4 is 0 Å². The number of benzene rings is 1. The molecule has 0 aliphatic carbocycles. The SMILES string of the molecule is Cc1ccc(S(=O)(=O)N2CC(=O)C2C)cc1. The van der Waals surface area contributed by atoms with Gasteiger partial charge < -0.3 is 0 Å². The summed E-state index contributed by atoms with van der Waals surface area (Å²) in [4.78, 5) is 11.3. The van der Waals surface area contributed by atoms with Gasteiger partial charge in [-0.3, -0.25) is 4.79 Å². The highest BCUT2D eigenvalue weighted by Crippen LogP contribution is 2.24. The van der Waals surface area contributed by atoms with E-state index in [9.17, 15) is 13.2 Å². The van der Waals surface area contributed by atoms with Crippen molar-refractivity contribution in [2.45, 2.75) is 24.8 Å². The molecule has 1 heterocycles.